The first-order valence-corrected chi connectivity index (χ1v) is 5.76. The van der Waals surface area contributed by atoms with Crippen LogP contribution in [-0.2, 0) is 9.84 Å². The molecule has 0 amide bonds. The second-order valence-electron chi connectivity index (χ2n) is 2.58. The number of hydrogen-bond donors (Lipinski definition) is 1. The van der Waals surface area contributed by atoms with Crippen molar-refractivity contribution < 1.29 is 13.5 Å². The van der Waals surface area contributed by atoms with Crippen LogP contribution in [0.25, 0.3) is 0 Å². The summed E-state index contributed by atoms with van der Waals surface area (Å²) >= 11 is 0. The van der Waals surface area contributed by atoms with E-state index in [0.29, 0.717) is 19.3 Å². The third-order valence-electron chi connectivity index (χ3n) is 1.38. The van der Waals surface area contributed by atoms with Gasteiger partial charge in [0, 0.05) is 12.4 Å². The summed E-state index contributed by atoms with van der Waals surface area (Å²) in [6.07, 6.45) is 1.85. The van der Waals surface area contributed by atoms with Gasteiger partial charge in [-0.3, -0.25) is 0 Å². The van der Waals surface area contributed by atoms with Crippen LogP contribution >= 0.6 is 0 Å². The quantitative estimate of drug-likeness (QED) is 0.608. The summed E-state index contributed by atoms with van der Waals surface area (Å²) in [7, 11) is -2.82. The summed E-state index contributed by atoms with van der Waals surface area (Å²) < 4.78 is 22.0. The Balaban J connectivity index is 3.56. The first kappa shape index (κ1) is 10.9. The molecule has 0 heterocycles. The van der Waals surface area contributed by atoms with Crippen molar-refractivity contribution in [1.82, 2.24) is 0 Å². The minimum absolute atomic E-state index is 0.0850. The van der Waals surface area contributed by atoms with E-state index >= 15 is 0 Å². The van der Waals surface area contributed by atoms with Crippen LogP contribution in [0.2, 0.25) is 0 Å². The van der Waals surface area contributed by atoms with Gasteiger partial charge in [-0.1, -0.05) is 6.92 Å². The van der Waals surface area contributed by atoms with Gasteiger partial charge in [0.15, 0.2) is 0 Å². The average molecular weight is 180 g/mol. The van der Waals surface area contributed by atoms with Gasteiger partial charge in [-0.05, 0) is 19.3 Å². The molecule has 0 unspecified atom stereocenters. The van der Waals surface area contributed by atoms with Crippen molar-refractivity contribution in [2.24, 2.45) is 0 Å². The van der Waals surface area contributed by atoms with Gasteiger partial charge in [-0.15, -0.1) is 0 Å². The maximum Gasteiger partial charge on any atom is 0.150 e. The molecule has 3 nitrogen and oxygen atoms in total. The van der Waals surface area contributed by atoms with Gasteiger partial charge in [-0.2, -0.15) is 0 Å². The highest BCUT2D eigenvalue weighted by Gasteiger charge is 2.07. The summed E-state index contributed by atoms with van der Waals surface area (Å²) in [6.45, 7) is 1.94. The van der Waals surface area contributed by atoms with Crippen LogP contribution in [0.4, 0.5) is 0 Å². The zero-order valence-electron chi connectivity index (χ0n) is 6.91. The van der Waals surface area contributed by atoms with E-state index in [-0.39, 0.29) is 18.1 Å². The lowest BCUT2D eigenvalue weighted by Gasteiger charge is -2.00. The van der Waals surface area contributed by atoms with Crippen LogP contribution in [0, 0.1) is 0 Å². The van der Waals surface area contributed by atoms with Gasteiger partial charge in [0.05, 0.1) is 5.75 Å². The van der Waals surface area contributed by atoms with Crippen LogP contribution in [0.15, 0.2) is 0 Å². The molecule has 0 saturated heterocycles. The van der Waals surface area contributed by atoms with E-state index in [9.17, 15) is 8.42 Å². The highest BCUT2D eigenvalue weighted by Crippen LogP contribution is 1.98. The predicted molar refractivity (Wildman–Crippen MR) is 45.3 cm³/mol. The highest BCUT2D eigenvalue weighted by atomic mass is 32.2. The molecular formula is C7H16O3S. The van der Waals surface area contributed by atoms with Crippen molar-refractivity contribution in [1.29, 1.82) is 0 Å². The Labute approximate surface area is 68.3 Å². The van der Waals surface area contributed by atoms with Gasteiger partial charge in [-0.25, -0.2) is 8.42 Å². The average Bonchev–Trinajstić information content (AvgIpc) is 1.87. The zero-order valence-corrected chi connectivity index (χ0v) is 7.73. The lowest BCUT2D eigenvalue weighted by atomic mass is 10.4. The molecule has 11 heavy (non-hydrogen) atoms. The molecule has 0 aromatic rings. The third-order valence-corrected chi connectivity index (χ3v) is 3.32. The standard InChI is InChI=1S/C7H16O3S/c1-2-6-11(9,10)7-4-3-5-8/h8H,2-7H2,1H3. The monoisotopic (exact) mass is 180 g/mol. The minimum atomic E-state index is -2.82. The molecule has 0 aliphatic rings. The fourth-order valence-electron chi connectivity index (χ4n) is 0.847. The maximum absolute atomic E-state index is 11.0. The SMILES string of the molecule is CCCS(=O)(=O)CCCCO. The lowest BCUT2D eigenvalue weighted by Crippen LogP contribution is -2.10. The number of sulfone groups is 1. The minimum Gasteiger partial charge on any atom is -0.396 e. The van der Waals surface area contributed by atoms with Crippen molar-refractivity contribution in [2.75, 3.05) is 18.1 Å². The molecule has 0 atom stereocenters. The Morgan fingerprint density at radius 1 is 1.18 bits per heavy atom. The number of rotatable bonds is 6. The molecule has 4 heteroatoms. The Morgan fingerprint density at radius 2 is 1.82 bits per heavy atom. The Bertz CT molecular complexity index is 172. The van der Waals surface area contributed by atoms with E-state index in [2.05, 4.69) is 0 Å². The summed E-state index contributed by atoms with van der Waals surface area (Å²) in [4.78, 5) is 0. The lowest BCUT2D eigenvalue weighted by molar-refractivity contribution is 0.287. The zero-order chi connectivity index (χ0) is 8.74. The molecule has 0 radical (unpaired) electrons. The van der Waals surface area contributed by atoms with Crippen LogP contribution < -0.4 is 0 Å². The normalized spacial score (nSPS) is 11.8. The van der Waals surface area contributed by atoms with Crippen LogP contribution in [0.3, 0.4) is 0 Å². The van der Waals surface area contributed by atoms with Gasteiger partial charge in [0.2, 0.25) is 0 Å². The Hall–Kier alpha value is -0.0900. The molecule has 0 aromatic carbocycles. The van der Waals surface area contributed by atoms with Crippen LogP contribution in [0.5, 0.6) is 0 Å². The van der Waals surface area contributed by atoms with E-state index in [0.717, 1.165) is 0 Å². The number of aliphatic hydroxyl groups excluding tert-OH is 1. The summed E-state index contributed by atoms with van der Waals surface area (Å²) in [6, 6.07) is 0. The number of aliphatic hydroxyl groups is 1. The largest absolute Gasteiger partial charge is 0.396 e. The van der Waals surface area contributed by atoms with Crippen molar-refractivity contribution in [3.05, 3.63) is 0 Å². The molecule has 0 rings (SSSR count). The molecule has 0 saturated carbocycles. The van der Waals surface area contributed by atoms with Crippen molar-refractivity contribution >= 4 is 9.84 Å². The molecule has 68 valence electrons. The second kappa shape index (κ2) is 5.55. The van der Waals surface area contributed by atoms with Crippen molar-refractivity contribution in [2.45, 2.75) is 26.2 Å². The van der Waals surface area contributed by atoms with Crippen molar-refractivity contribution in [3.8, 4) is 0 Å². The first-order valence-electron chi connectivity index (χ1n) is 3.93. The van der Waals surface area contributed by atoms with Crippen LogP contribution in [-0.4, -0.2) is 31.6 Å². The molecule has 0 spiro atoms. The summed E-state index contributed by atoms with van der Waals surface area (Å²) in [5.74, 6) is 0.500. The molecule has 0 aliphatic carbocycles. The van der Waals surface area contributed by atoms with Gasteiger partial charge in [0.1, 0.15) is 9.84 Å². The maximum atomic E-state index is 11.0. The number of unbranched alkanes of at least 4 members (excludes halogenated alkanes) is 1. The molecular weight excluding hydrogens is 164 g/mol. The van der Waals surface area contributed by atoms with Gasteiger partial charge >= 0.3 is 0 Å². The molecule has 0 fully saturated rings. The fraction of sp³-hybridized carbons (Fsp3) is 1.00. The topological polar surface area (TPSA) is 54.4 Å². The summed E-state index contributed by atoms with van der Waals surface area (Å²) in [5, 5.41) is 8.40. The second-order valence-corrected chi connectivity index (χ2v) is 4.89. The van der Waals surface area contributed by atoms with Gasteiger partial charge in [0.25, 0.3) is 0 Å². The molecule has 0 aromatic heterocycles. The van der Waals surface area contributed by atoms with Gasteiger partial charge < -0.3 is 5.11 Å². The van der Waals surface area contributed by atoms with E-state index in [1.165, 1.54) is 0 Å². The Morgan fingerprint density at radius 3 is 2.27 bits per heavy atom. The number of hydrogen-bond acceptors (Lipinski definition) is 3. The first-order chi connectivity index (χ1) is 5.12. The molecule has 0 aliphatic heterocycles. The van der Waals surface area contributed by atoms with E-state index in [1.807, 2.05) is 6.92 Å². The fourth-order valence-corrected chi connectivity index (χ4v) is 2.32. The van der Waals surface area contributed by atoms with E-state index in [1.54, 1.807) is 0 Å². The van der Waals surface area contributed by atoms with E-state index in [4.69, 9.17) is 5.11 Å². The van der Waals surface area contributed by atoms with E-state index < -0.39 is 9.84 Å². The summed E-state index contributed by atoms with van der Waals surface area (Å²) in [5.41, 5.74) is 0. The van der Waals surface area contributed by atoms with Crippen LogP contribution in [0.1, 0.15) is 26.2 Å². The molecule has 1 N–H and O–H groups in total. The highest BCUT2D eigenvalue weighted by molar-refractivity contribution is 7.91. The van der Waals surface area contributed by atoms with Crippen molar-refractivity contribution in [3.63, 3.8) is 0 Å². The molecule has 0 bridgehead atoms. The predicted octanol–water partition coefficient (Wildman–Crippen LogP) is 0.584. The smallest absolute Gasteiger partial charge is 0.150 e. The Kier molecular flexibility index (Phi) is 5.50. The third kappa shape index (κ3) is 6.31.